The highest BCUT2D eigenvalue weighted by molar-refractivity contribution is 4.95. The number of rotatable bonds is 6. The third kappa shape index (κ3) is 3.67. The van der Waals surface area contributed by atoms with Crippen molar-refractivity contribution < 1.29 is 9.47 Å². The average molecular weight is 271 g/mol. The molecular formula is C14H29N3O2. The van der Waals surface area contributed by atoms with Crippen molar-refractivity contribution in [2.45, 2.75) is 31.3 Å². The summed E-state index contributed by atoms with van der Waals surface area (Å²) < 4.78 is 10.7. The van der Waals surface area contributed by atoms with Crippen LogP contribution in [-0.2, 0) is 9.47 Å². The van der Waals surface area contributed by atoms with Crippen molar-refractivity contribution in [3.05, 3.63) is 0 Å². The number of morpholine rings is 1. The first kappa shape index (κ1) is 15.2. The van der Waals surface area contributed by atoms with Crippen molar-refractivity contribution in [2.75, 3.05) is 59.7 Å². The van der Waals surface area contributed by atoms with Crippen LogP contribution in [0.15, 0.2) is 0 Å². The molecule has 0 aromatic rings. The Morgan fingerprint density at radius 2 is 2.05 bits per heavy atom. The van der Waals surface area contributed by atoms with Crippen LogP contribution in [-0.4, -0.2) is 81.0 Å². The Balaban J connectivity index is 1.88. The molecule has 2 atom stereocenters. The lowest BCUT2D eigenvalue weighted by Crippen LogP contribution is -2.53. The van der Waals surface area contributed by atoms with Gasteiger partial charge < -0.3 is 15.2 Å². The van der Waals surface area contributed by atoms with Gasteiger partial charge in [0.05, 0.1) is 13.2 Å². The Bertz CT molecular complexity index is 271. The SMILES string of the molecule is COCCC(C)(CN)N1CCC(N2CCOCC2)C1. The van der Waals surface area contributed by atoms with Crippen LogP contribution < -0.4 is 5.73 Å². The highest BCUT2D eigenvalue weighted by Gasteiger charge is 2.37. The van der Waals surface area contributed by atoms with Crippen LogP contribution in [0.4, 0.5) is 0 Å². The van der Waals surface area contributed by atoms with Crippen LogP contribution in [0, 0.1) is 0 Å². The maximum atomic E-state index is 6.02. The average Bonchev–Trinajstić information content (AvgIpc) is 2.96. The lowest BCUT2D eigenvalue weighted by atomic mass is 9.96. The van der Waals surface area contributed by atoms with Gasteiger partial charge in [0.1, 0.15) is 0 Å². The van der Waals surface area contributed by atoms with Gasteiger partial charge in [-0.1, -0.05) is 0 Å². The van der Waals surface area contributed by atoms with Gasteiger partial charge in [-0.25, -0.2) is 0 Å². The zero-order valence-corrected chi connectivity index (χ0v) is 12.4. The normalized spacial score (nSPS) is 29.5. The molecule has 2 N–H and O–H groups in total. The zero-order chi connectivity index (χ0) is 13.7. The maximum Gasteiger partial charge on any atom is 0.0594 e. The highest BCUT2D eigenvalue weighted by Crippen LogP contribution is 2.26. The quantitative estimate of drug-likeness (QED) is 0.745. The predicted molar refractivity (Wildman–Crippen MR) is 76.3 cm³/mol. The molecule has 5 nitrogen and oxygen atoms in total. The molecule has 0 aliphatic carbocycles. The fraction of sp³-hybridized carbons (Fsp3) is 1.00. The zero-order valence-electron chi connectivity index (χ0n) is 12.4. The topological polar surface area (TPSA) is 51.0 Å². The first-order chi connectivity index (χ1) is 9.19. The number of ether oxygens (including phenoxy) is 2. The van der Waals surface area contributed by atoms with E-state index in [2.05, 4.69) is 16.7 Å². The number of hydrogen-bond donors (Lipinski definition) is 1. The van der Waals surface area contributed by atoms with Crippen LogP contribution in [0.5, 0.6) is 0 Å². The van der Waals surface area contributed by atoms with Gasteiger partial charge in [-0.05, 0) is 19.8 Å². The Morgan fingerprint density at radius 3 is 2.68 bits per heavy atom. The largest absolute Gasteiger partial charge is 0.385 e. The minimum atomic E-state index is 0.0804. The molecule has 2 heterocycles. The van der Waals surface area contributed by atoms with E-state index < -0.39 is 0 Å². The molecule has 2 fully saturated rings. The number of nitrogens with two attached hydrogens (primary N) is 1. The van der Waals surface area contributed by atoms with Crippen molar-refractivity contribution >= 4 is 0 Å². The van der Waals surface area contributed by atoms with E-state index in [9.17, 15) is 0 Å². The molecular weight excluding hydrogens is 242 g/mol. The first-order valence-electron chi connectivity index (χ1n) is 7.45. The van der Waals surface area contributed by atoms with Crippen LogP contribution in [0.25, 0.3) is 0 Å². The summed E-state index contributed by atoms with van der Waals surface area (Å²) in [6, 6.07) is 0.678. The molecule has 2 aliphatic rings. The van der Waals surface area contributed by atoms with Gasteiger partial charge in [0, 0.05) is 58.0 Å². The Labute approximate surface area is 117 Å². The highest BCUT2D eigenvalue weighted by atomic mass is 16.5. The molecule has 0 bridgehead atoms. The van der Waals surface area contributed by atoms with E-state index in [-0.39, 0.29) is 5.54 Å². The van der Waals surface area contributed by atoms with Crippen molar-refractivity contribution in [3.63, 3.8) is 0 Å². The van der Waals surface area contributed by atoms with E-state index in [1.807, 2.05) is 0 Å². The monoisotopic (exact) mass is 271 g/mol. The van der Waals surface area contributed by atoms with E-state index >= 15 is 0 Å². The summed E-state index contributed by atoms with van der Waals surface area (Å²) in [4.78, 5) is 5.14. The Kier molecular flexibility index (Phi) is 5.59. The lowest BCUT2D eigenvalue weighted by Gasteiger charge is -2.39. The summed E-state index contributed by atoms with van der Waals surface area (Å²) in [5, 5.41) is 0. The van der Waals surface area contributed by atoms with Crippen molar-refractivity contribution in [1.29, 1.82) is 0 Å². The first-order valence-corrected chi connectivity index (χ1v) is 7.45. The molecule has 2 saturated heterocycles. The van der Waals surface area contributed by atoms with E-state index in [1.165, 1.54) is 6.42 Å². The minimum absolute atomic E-state index is 0.0804. The van der Waals surface area contributed by atoms with E-state index in [4.69, 9.17) is 15.2 Å². The fourth-order valence-electron chi connectivity index (χ4n) is 3.18. The molecule has 0 aromatic heterocycles. The summed E-state index contributed by atoms with van der Waals surface area (Å²) in [5.74, 6) is 0. The number of hydrogen-bond acceptors (Lipinski definition) is 5. The van der Waals surface area contributed by atoms with Gasteiger partial charge in [0.2, 0.25) is 0 Å². The molecule has 5 heteroatoms. The second-order valence-corrected chi connectivity index (χ2v) is 5.98. The summed E-state index contributed by atoms with van der Waals surface area (Å²) in [6.45, 7) is 9.97. The van der Waals surface area contributed by atoms with Crippen LogP contribution in [0.3, 0.4) is 0 Å². The van der Waals surface area contributed by atoms with Crippen molar-refractivity contribution in [3.8, 4) is 0 Å². The number of nitrogens with zero attached hydrogens (tertiary/aromatic N) is 2. The van der Waals surface area contributed by atoms with Gasteiger partial charge in [-0.15, -0.1) is 0 Å². The van der Waals surface area contributed by atoms with Gasteiger partial charge in [-0.2, -0.15) is 0 Å². The summed E-state index contributed by atoms with van der Waals surface area (Å²) in [7, 11) is 1.76. The third-order valence-electron chi connectivity index (χ3n) is 4.77. The molecule has 0 spiro atoms. The van der Waals surface area contributed by atoms with Gasteiger partial charge >= 0.3 is 0 Å². The van der Waals surface area contributed by atoms with E-state index in [0.29, 0.717) is 12.6 Å². The molecule has 19 heavy (non-hydrogen) atoms. The molecule has 0 amide bonds. The van der Waals surface area contributed by atoms with E-state index in [1.54, 1.807) is 7.11 Å². The number of likely N-dealkylation sites (tertiary alicyclic amines) is 1. The Hall–Kier alpha value is -0.200. The van der Waals surface area contributed by atoms with Crippen LogP contribution >= 0.6 is 0 Å². The van der Waals surface area contributed by atoms with Gasteiger partial charge in [0.15, 0.2) is 0 Å². The van der Waals surface area contributed by atoms with Crippen LogP contribution in [0.1, 0.15) is 19.8 Å². The van der Waals surface area contributed by atoms with Crippen molar-refractivity contribution in [1.82, 2.24) is 9.80 Å². The molecule has 112 valence electrons. The predicted octanol–water partition coefficient (Wildman–Crippen LogP) is 0.147. The standard InChI is InChI=1S/C14H29N3O2/c1-14(12-15,4-8-18-2)17-5-3-13(11-17)16-6-9-19-10-7-16/h13H,3-12,15H2,1-2H3. The molecule has 2 aliphatic heterocycles. The lowest BCUT2D eigenvalue weighted by molar-refractivity contribution is 0.0139. The molecule has 2 rings (SSSR count). The van der Waals surface area contributed by atoms with Crippen LogP contribution in [0.2, 0.25) is 0 Å². The molecule has 0 saturated carbocycles. The third-order valence-corrected chi connectivity index (χ3v) is 4.77. The summed E-state index contributed by atoms with van der Waals surface area (Å²) in [5.41, 5.74) is 6.10. The Morgan fingerprint density at radius 1 is 1.32 bits per heavy atom. The maximum absolute atomic E-state index is 6.02. The number of methoxy groups -OCH3 is 1. The smallest absolute Gasteiger partial charge is 0.0594 e. The fourth-order valence-corrected chi connectivity index (χ4v) is 3.18. The van der Waals surface area contributed by atoms with E-state index in [0.717, 1.165) is 52.4 Å². The minimum Gasteiger partial charge on any atom is -0.385 e. The summed E-state index contributed by atoms with van der Waals surface area (Å²) in [6.07, 6.45) is 2.26. The van der Waals surface area contributed by atoms with Crippen molar-refractivity contribution in [2.24, 2.45) is 5.73 Å². The molecule has 0 radical (unpaired) electrons. The molecule has 2 unspecified atom stereocenters. The van der Waals surface area contributed by atoms with Gasteiger partial charge in [0.25, 0.3) is 0 Å². The van der Waals surface area contributed by atoms with Gasteiger partial charge in [-0.3, -0.25) is 9.80 Å². The second-order valence-electron chi connectivity index (χ2n) is 5.98. The molecule has 0 aromatic carbocycles. The summed E-state index contributed by atoms with van der Waals surface area (Å²) >= 11 is 0. The second kappa shape index (κ2) is 6.99.